The molecule has 4 N–H and O–H groups in total. The second-order valence-corrected chi connectivity index (χ2v) is 5.47. The number of nitrogens with two attached hydrogens (primary N) is 2. The van der Waals surface area contributed by atoms with Crippen LogP contribution in [0.25, 0.3) is 0 Å². The lowest BCUT2D eigenvalue weighted by atomic mass is 10.2. The highest BCUT2D eigenvalue weighted by Crippen LogP contribution is 2.11. The SMILES string of the molecule is Nc1cc(CCSCCc2ccccc2)nc(N)n1. The Balaban J connectivity index is 1.69. The summed E-state index contributed by atoms with van der Waals surface area (Å²) in [7, 11) is 0. The summed E-state index contributed by atoms with van der Waals surface area (Å²) in [5, 5.41) is 0. The number of anilines is 2. The minimum atomic E-state index is 0.254. The molecule has 0 aliphatic rings. The van der Waals surface area contributed by atoms with Crippen LogP contribution in [-0.2, 0) is 12.8 Å². The van der Waals surface area contributed by atoms with E-state index in [1.165, 1.54) is 5.56 Å². The van der Waals surface area contributed by atoms with Crippen molar-refractivity contribution in [3.8, 4) is 0 Å². The van der Waals surface area contributed by atoms with Gasteiger partial charge in [0.2, 0.25) is 5.95 Å². The zero-order chi connectivity index (χ0) is 13.5. The van der Waals surface area contributed by atoms with E-state index in [2.05, 4.69) is 34.2 Å². The molecule has 0 spiro atoms. The molecular weight excluding hydrogens is 256 g/mol. The Morgan fingerprint density at radius 1 is 0.947 bits per heavy atom. The van der Waals surface area contributed by atoms with Gasteiger partial charge in [0.05, 0.1) is 0 Å². The van der Waals surface area contributed by atoms with Gasteiger partial charge in [0.1, 0.15) is 5.82 Å². The van der Waals surface area contributed by atoms with Gasteiger partial charge in [0.15, 0.2) is 0 Å². The first-order valence-electron chi connectivity index (χ1n) is 6.24. The third kappa shape index (κ3) is 4.79. The van der Waals surface area contributed by atoms with Gasteiger partial charge in [-0.1, -0.05) is 30.3 Å². The van der Waals surface area contributed by atoms with Crippen molar-refractivity contribution < 1.29 is 0 Å². The van der Waals surface area contributed by atoms with E-state index < -0.39 is 0 Å². The molecule has 100 valence electrons. The zero-order valence-corrected chi connectivity index (χ0v) is 11.6. The monoisotopic (exact) mass is 274 g/mol. The molecule has 0 radical (unpaired) electrons. The quantitative estimate of drug-likeness (QED) is 0.789. The van der Waals surface area contributed by atoms with Crippen LogP contribution in [0.1, 0.15) is 11.3 Å². The largest absolute Gasteiger partial charge is 0.384 e. The number of aromatic nitrogens is 2. The lowest BCUT2D eigenvalue weighted by Gasteiger charge is -2.04. The molecule has 1 heterocycles. The van der Waals surface area contributed by atoms with Gasteiger partial charge in [-0.25, -0.2) is 4.98 Å². The van der Waals surface area contributed by atoms with Crippen LogP contribution >= 0.6 is 11.8 Å². The normalized spacial score (nSPS) is 10.5. The van der Waals surface area contributed by atoms with E-state index in [1.807, 2.05) is 17.8 Å². The summed E-state index contributed by atoms with van der Waals surface area (Å²) < 4.78 is 0. The highest BCUT2D eigenvalue weighted by Gasteiger charge is 2.00. The van der Waals surface area contributed by atoms with Gasteiger partial charge in [-0.3, -0.25) is 0 Å². The minimum absolute atomic E-state index is 0.254. The maximum Gasteiger partial charge on any atom is 0.222 e. The number of benzene rings is 1. The summed E-state index contributed by atoms with van der Waals surface area (Å²) in [6, 6.07) is 12.3. The first-order chi connectivity index (χ1) is 9.24. The molecular formula is C14H18N4S. The molecule has 0 saturated carbocycles. The minimum Gasteiger partial charge on any atom is -0.384 e. The average Bonchev–Trinajstić information content (AvgIpc) is 2.38. The third-order valence-electron chi connectivity index (χ3n) is 2.70. The Morgan fingerprint density at radius 2 is 1.68 bits per heavy atom. The third-order valence-corrected chi connectivity index (χ3v) is 3.68. The zero-order valence-electron chi connectivity index (χ0n) is 10.7. The van der Waals surface area contributed by atoms with Crippen LogP contribution in [0.15, 0.2) is 36.4 Å². The topological polar surface area (TPSA) is 77.8 Å². The first kappa shape index (κ1) is 13.7. The predicted octanol–water partition coefficient (Wildman–Crippen LogP) is 2.16. The van der Waals surface area contributed by atoms with Crippen LogP contribution in [0.2, 0.25) is 0 Å². The van der Waals surface area contributed by atoms with Crippen molar-refractivity contribution in [3.63, 3.8) is 0 Å². The van der Waals surface area contributed by atoms with Gasteiger partial charge in [0, 0.05) is 11.8 Å². The molecule has 0 saturated heterocycles. The van der Waals surface area contributed by atoms with Crippen molar-refractivity contribution in [2.24, 2.45) is 0 Å². The Morgan fingerprint density at radius 3 is 2.42 bits per heavy atom. The smallest absolute Gasteiger partial charge is 0.222 e. The number of aryl methyl sites for hydroxylation is 2. The molecule has 5 heteroatoms. The predicted molar refractivity (Wildman–Crippen MR) is 82.0 cm³/mol. The van der Waals surface area contributed by atoms with Crippen molar-refractivity contribution in [2.45, 2.75) is 12.8 Å². The van der Waals surface area contributed by atoms with Crippen molar-refractivity contribution in [2.75, 3.05) is 23.0 Å². The van der Waals surface area contributed by atoms with Gasteiger partial charge in [-0.2, -0.15) is 16.7 Å². The molecule has 2 aromatic rings. The van der Waals surface area contributed by atoms with Gasteiger partial charge >= 0.3 is 0 Å². The van der Waals surface area contributed by atoms with Crippen LogP contribution in [0.4, 0.5) is 11.8 Å². The summed E-state index contributed by atoms with van der Waals surface area (Å²) in [5.41, 5.74) is 13.5. The molecule has 1 aromatic heterocycles. The molecule has 0 amide bonds. The summed E-state index contributed by atoms with van der Waals surface area (Å²) in [5.74, 6) is 2.82. The summed E-state index contributed by atoms with van der Waals surface area (Å²) >= 11 is 1.91. The number of thioether (sulfide) groups is 1. The van der Waals surface area contributed by atoms with Crippen LogP contribution in [0.5, 0.6) is 0 Å². The van der Waals surface area contributed by atoms with Crippen molar-refractivity contribution in [3.05, 3.63) is 47.7 Å². The summed E-state index contributed by atoms with van der Waals surface area (Å²) in [4.78, 5) is 8.02. The number of hydrogen-bond donors (Lipinski definition) is 2. The fraction of sp³-hybridized carbons (Fsp3) is 0.286. The maximum absolute atomic E-state index is 5.63. The molecule has 0 aliphatic heterocycles. The molecule has 2 rings (SSSR count). The van der Waals surface area contributed by atoms with Crippen molar-refractivity contribution >= 4 is 23.5 Å². The van der Waals surface area contributed by atoms with Gasteiger partial charge < -0.3 is 11.5 Å². The Kier molecular flexibility index (Phi) is 5.03. The van der Waals surface area contributed by atoms with Crippen LogP contribution in [0.3, 0.4) is 0 Å². The Bertz CT molecular complexity index is 496. The van der Waals surface area contributed by atoms with Crippen LogP contribution in [-0.4, -0.2) is 21.5 Å². The van der Waals surface area contributed by atoms with E-state index in [-0.39, 0.29) is 5.95 Å². The molecule has 0 atom stereocenters. The van der Waals surface area contributed by atoms with E-state index in [0.29, 0.717) is 5.82 Å². The highest BCUT2D eigenvalue weighted by molar-refractivity contribution is 7.99. The Labute approximate surface area is 117 Å². The average molecular weight is 274 g/mol. The van der Waals surface area contributed by atoms with Crippen LogP contribution < -0.4 is 11.5 Å². The van der Waals surface area contributed by atoms with Crippen molar-refractivity contribution in [1.82, 2.24) is 9.97 Å². The van der Waals surface area contributed by atoms with E-state index >= 15 is 0 Å². The molecule has 19 heavy (non-hydrogen) atoms. The highest BCUT2D eigenvalue weighted by atomic mass is 32.2. The molecule has 0 fully saturated rings. The summed E-state index contributed by atoms with van der Waals surface area (Å²) in [6.07, 6.45) is 1.97. The summed E-state index contributed by atoms with van der Waals surface area (Å²) in [6.45, 7) is 0. The standard InChI is InChI=1S/C14H18N4S/c15-13-10-12(17-14(16)18-13)7-9-19-8-6-11-4-2-1-3-5-11/h1-5,10H,6-9H2,(H4,15,16,17,18). The first-order valence-corrected chi connectivity index (χ1v) is 7.40. The van der Waals surface area contributed by atoms with E-state index in [9.17, 15) is 0 Å². The number of hydrogen-bond acceptors (Lipinski definition) is 5. The van der Waals surface area contributed by atoms with Gasteiger partial charge in [-0.05, 0) is 29.9 Å². The van der Waals surface area contributed by atoms with E-state index in [1.54, 1.807) is 6.07 Å². The van der Waals surface area contributed by atoms with Gasteiger partial charge in [0.25, 0.3) is 0 Å². The fourth-order valence-electron chi connectivity index (χ4n) is 1.78. The lowest BCUT2D eigenvalue weighted by Crippen LogP contribution is -2.04. The number of nitrogen functional groups attached to an aromatic ring is 2. The number of nitrogens with zero attached hydrogens (tertiary/aromatic N) is 2. The molecule has 1 aromatic carbocycles. The van der Waals surface area contributed by atoms with Crippen molar-refractivity contribution in [1.29, 1.82) is 0 Å². The van der Waals surface area contributed by atoms with E-state index in [4.69, 9.17) is 11.5 Å². The fourth-order valence-corrected chi connectivity index (χ4v) is 2.72. The maximum atomic E-state index is 5.63. The number of rotatable bonds is 6. The molecule has 0 aliphatic carbocycles. The van der Waals surface area contributed by atoms with E-state index in [0.717, 1.165) is 30.0 Å². The van der Waals surface area contributed by atoms with Crippen LogP contribution in [0, 0.1) is 0 Å². The van der Waals surface area contributed by atoms with Gasteiger partial charge in [-0.15, -0.1) is 0 Å². The molecule has 0 unspecified atom stereocenters. The molecule has 0 bridgehead atoms. The lowest BCUT2D eigenvalue weighted by molar-refractivity contribution is 1.02. The second kappa shape index (κ2) is 6.99. The molecule has 4 nitrogen and oxygen atoms in total. The Hall–Kier alpha value is -1.75. The second-order valence-electron chi connectivity index (χ2n) is 4.24.